The minimum atomic E-state index is 0.0396. The number of nitrogens with one attached hydrogen (secondary N) is 1. The molecule has 4 heteroatoms. The molecule has 2 amide bonds. The van der Waals surface area contributed by atoms with Gasteiger partial charge in [0.15, 0.2) is 0 Å². The maximum Gasteiger partial charge on any atom is 0.317 e. The van der Waals surface area contributed by atoms with Gasteiger partial charge in [0.25, 0.3) is 0 Å². The molecule has 0 bridgehead atoms. The lowest BCUT2D eigenvalue weighted by Gasteiger charge is -2.30. The molecule has 0 saturated carbocycles. The van der Waals surface area contributed by atoms with E-state index in [9.17, 15) is 4.79 Å². The Morgan fingerprint density at radius 1 is 1.04 bits per heavy atom. The van der Waals surface area contributed by atoms with Gasteiger partial charge in [-0.05, 0) is 42.5 Å². The summed E-state index contributed by atoms with van der Waals surface area (Å²) in [7, 11) is 0. The second-order valence-corrected chi connectivity index (χ2v) is 7.01. The van der Waals surface area contributed by atoms with Gasteiger partial charge < -0.3 is 10.2 Å². The van der Waals surface area contributed by atoms with E-state index >= 15 is 0 Å². The van der Waals surface area contributed by atoms with Crippen molar-refractivity contribution in [3.63, 3.8) is 0 Å². The zero-order valence-electron chi connectivity index (χ0n) is 14.5. The average molecular weight is 357 g/mol. The summed E-state index contributed by atoms with van der Waals surface area (Å²) in [6.07, 6.45) is 5.26. The van der Waals surface area contributed by atoms with E-state index in [4.69, 9.17) is 11.6 Å². The van der Waals surface area contributed by atoms with Crippen molar-refractivity contribution in [2.45, 2.75) is 38.1 Å². The molecule has 0 aliphatic carbocycles. The van der Waals surface area contributed by atoms with Gasteiger partial charge in [-0.15, -0.1) is 0 Å². The standard InChI is InChI=1S/C21H25ClN2O/c22-19-12-10-18(11-13-19)20-9-5-2-6-16-24(20)21(25)23-15-14-17-7-3-1-4-8-17/h1,3-4,7-8,10-13,20H,2,5-6,9,14-16H2,(H,23,25). The van der Waals surface area contributed by atoms with E-state index in [2.05, 4.69) is 17.4 Å². The van der Waals surface area contributed by atoms with E-state index in [-0.39, 0.29) is 12.1 Å². The third-order valence-electron chi connectivity index (χ3n) is 4.80. The minimum Gasteiger partial charge on any atom is -0.338 e. The Morgan fingerprint density at radius 3 is 2.56 bits per heavy atom. The van der Waals surface area contributed by atoms with Crippen molar-refractivity contribution in [1.82, 2.24) is 10.2 Å². The fraction of sp³-hybridized carbons (Fsp3) is 0.381. The lowest BCUT2D eigenvalue weighted by molar-refractivity contribution is 0.176. The van der Waals surface area contributed by atoms with Crippen molar-refractivity contribution in [2.75, 3.05) is 13.1 Å². The molecule has 0 spiro atoms. The Kier molecular flexibility index (Phi) is 6.35. The highest BCUT2D eigenvalue weighted by atomic mass is 35.5. The summed E-state index contributed by atoms with van der Waals surface area (Å²) in [5, 5.41) is 3.83. The highest BCUT2D eigenvalue weighted by Gasteiger charge is 2.26. The van der Waals surface area contributed by atoms with Crippen LogP contribution in [0.2, 0.25) is 5.02 Å². The predicted octanol–water partition coefficient (Wildman–Crippen LogP) is 5.21. The van der Waals surface area contributed by atoms with E-state index in [0.29, 0.717) is 6.54 Å². The molecule has 1 aliphatic heterocycles. The van der Waals surface area contributed by atoms with E-state index < -0.39 is 0 Å². The van der Waals surface area contributed by atoms with Crippen LogP contribution in [-0.2, 0) is 6.42 Å². The van der Waals surface area contributed by atoms with Gasteiger partial charge in [0.1, 0.15) is 0 Å². The number of hydrogen-bond acceptors (Lipinski definition) is 1. The number of rotatable bonds is 4. The SMILES string of the molecule is O=C(NCCc1ccccc1)N1CCCCCC1c1ccc(Cl)cc1. The number of carbonyl (C=O) groups is 1. The zero-order valence-corrected chi connectivity index (χ0v) is 15.2. The number of urea groups is 1. The molecule has 1 aliphatic rings. The van der Waals surface area contributed by atoms with Crippen molar-refractivity contribution in [2.24, 2.45) is 0 Å². The summed E-state index contributed by atoms with van der Waals surface area (Å²) >= 11 is 6.02. The second kappa shape index (κ2) is 8.91. The van der Waals surface area contributed by atoms with Crippen LogP contribution in [-0.4, -0.2) is 24.0 Å². The van der Waals surface area contributed by atoms with Gasteiger partial charge in [0.05, 0.1) is 6.04 Å². The number of likely N-dealkylation sites (tertiary alicyclic amines) is 1. The quantitative estimate of drug-likeness (QED) is 0.801. The molecule has 1 fully saturated rings. The smallest absolute Gasteiger partial charge is 0.317 e. The summed E-state index contributed by atoms with van der Waals surface area (Å²) in [5.74, 6) is 0. The minimum absolute atomic E-state index is 0.0396. The van der Waals surface area contributed by atoms with Gasteiger partial charge in [-0.2, -0.15) is 0 Å². The van der Waals surface area contributed by atoms with Crippen LogP contribution in [0.5, 0.6) is 0 Å². The summed E-state index contributed by atoms with van der Waals surface area (Å²) < 4.78 is 0. The number of hydrogen-bond donors (Lipinski definition) is 1. The maximum atomic E-state index is 12.8. The summed E-state index contributed by atoms with van der Waals surface area (Å²) in [6, 6.07) is 18.3. The molecule has 0 aromatic heterocycles. The molecular formula is C21H25ClN2O. The van der Waals surface area contributed by atoms with Crippen LogP contribution in [0.15, 0.2) is 54.6 Å². The van der Waals surface area contributed by atoms with Gasteiger partial charge in [0.2, 0.25) is 0 Å². The Morgan fingerprint density at radius 2 is 1.80 bits per heavy atom. The Hall–Kier alpha value is -2.00. The van der Waals surface area contributed by atoms with Crippen molar-refractivity contribution in [1.29, 1.82) is 0 Å². The van der Waals surface area contributed by atoms with Crippen LogP contribution >= 0.6 is 11.6 Å². The van der Waals surface area contributed by atoms with Crippen molar-refractivity contribution in [3.8, 4) is 0 Å². The monoisotopic (exact) mass is 356 g/mol. The van der Waals surface area contributed by atoms with Crippen LogP contribution in [0.4, 0.5) is 4.79 Å². The second-order valence-electron chi connectivity index (χ2n) is 6.58. The topological polar surface area (TPSA) is 32.3 Å². The molecular weight excluding hydrogens is 332 g/mol. The van der Waals surface area contributed by atoms with Gasteiger partial charge in [-0.25, -0.2) is 4.79 Å². The van der Waals surface area contributed by atoms with Gasteiger partial charge in [0, 0.05) is 18.1 Å². The first kappa shape index (κ1) is 17.8. The fourth-order valence-corrected chi connectivity index (χ4v) is 3.57. The summed E-state index contributed by atoms with van der Waals surface area (Å²) in [6.45, 7) is 1.47. The highest BCUT2D eigenvalue weighted by Crippen LogP contribution is 2.30. The first-order valence-corrected chi connectivity index (χ1v) is 9.46. The van der Waals surface area contributed by atoms with Crippen LogP contribution in [0.3, 0.4) is 0 Å². The summed E-state index contributed by atoms with van der Waals surface area (Å²) in [4.78, 5) is 14.8. The highest BCUT2D eigenvalue weighted by molar-refractivity contribution is 6.30. The normalized spacial score (nSPS) is 17.8. The van der Waals surface area contributed by atoms with Gasteiger partial charge in [-0.1, -0.05) is 66.9 Å². The van der Waals surface area contributed by atoms with E-state index in [1.807, 2.05) is 47.4 Å². The summed E-state index contributed by atoms with van der Waals surface area (Å²) in [5.41, 5.74) is 2.41. The largest absolute Gasteiger partial charge is 0.338 e. The maximum absolute atomic E-state index is 12.8. The first-order valence-electron chi connectivity index (χ1n) is 9.08. The van der Waals surface area contributed by atoms with E-state index in [1.165, 1.54) is 17.5 Å². The molecule has 2 aromatic carbocycles. The third-order valence-corrected chi connectivity index (χ3v) is 5.05. The number of amides is 2. The number of benzene rings is 2. The number of halogens is 1. The van der Waals surface area contributed by atoms with Crippen molar-refractivity contribution in [3.05, 3.63) is 70.7 Å². The lowest BCUT2D eigenvalue weighted by atomic mass is 10.0. The van der Waals surface area contributed by atoms with Crippen LogP contribution in [0.25, 0.3) is 0 Å². The molecule has 1 N–H and O–H groups in total. The molecule has 132 valence electrons. The molecule has 3 rings (SSSR count). The zero-order chi connectivity index (χ0) is 17.5. The molecule has 1 unspecified atom stereocenters. The lowest BCUT2D eigenvalue weighted by Crippen LogP contribution is -2.42. The van der Waals surface area contributed by atoms with Crippen molar-refractivity contribution >= 4 is 17.6 Å². The van der Waals surface area contributed by atoms with Crippen LogP contribution < -0.4 is 5.32 Å². The average Bonchev–Trinajstić information content (AvgIpc) is 2.89. The van der Waals surface area contributed by atoms with Gasteiger partial charge >= 0.3 is 6.03 Å². The molecule has 1 heterocycles. The molecule has 0 radical (unpaired) electrons. The van der Waals surface area contributed by atoms with Gasteiger partial charge in [-0.3, -0.25) is 0 Å². The first-order chi connectivity index (χ1) is 12.2. The number of carbonyl (C=O) groups excluding carboxylic acids is 1. The molecule has 25 heavy (non-hydrogen) atoms. The Bertz CT molecular complexity index is 672. The predicted molar refractivity (Wildman–Crippen MR) is 103 cm³/mol. The number of nitrogens with zero attached hydrogens (tertiary/aromatic N) is 1. The van der Waals surface area contributed by atoms with Crippen LogP contribution in [0.1, 0.15) is 42.9 Å². The fourth-order valence-electron chi connectivity index (χ4n) is 3.44. The molecule has 2 aromatic rings. The molecule has 1 saturated heterocycles. The Labute approximate surface area is 155 Å². The van der Waals surface area contributed by atoms with E-state index in [0.717, 1.165) is 37.3 Å². The molecule has 3 nitrogen and oxygen atoms in total. The molecule has 1 atom stereocenters. The van der Waals surface area contributed by atoms with Crippen molar-refractivity contribution < 1.29 is 4.79 Å². The Balaban J connectivity index is 1.63. The third kappa shape index (κ3) is 4.99. The van der Waals surface area contributed by atoms with Crippen LogP contribution in [0, 0.1) is 0 Å². The van der Waals surface area contributed by atoms with E-state index in [1.54, 1.807) is 0 Å².